The second kappa shape index (κ2) is 5.33. The first kappa shape index (κ1) is 16.5. The van der Waals surface area contributed by atoms with Crippen molar-refractivity contribution in [2.24, 2.45) is 23.7 Å². The third-order valence-electron chi connectivity index (χ3n) is 4.70. The highest BCUT2D eigenvalue weighted by Crippen LogP contribution is 2.57. The molecule has 2 aliphatic carbocycles. The smallest absolute Gasteiger partial charge is 0.464 e. The van der Waals surface area contributed by atoms with Gasteiger partial charge in [-0.2, -0.15) is 13.2 Å². The van der Waals surface area contributed by atoms with Gasteiger partial charge in [-0.05, 0) is 18.8 Å². The van der Waals surface area contributed by atoms with Gasteiger partial charge in [-0.15, -0.1) is 0 Å². The van der Waals surface area contributed by atoms with Crippen LogP contribution in [0.1, 0.15) is 12.8 Å². The molecule has 11 heteroatoms. The molecule has 130 valence electrons. The van der Waals surface area contributed by atoms with Crippen molar-refractivity contribution < 1.29 is 40.7 Å². The van der Waals surface area contributed by atoms with Crippen LogP contribution in [0, 0.1) is 23.7 Å². The maximum absolute atomic E-state index is 12.1. The Kier molecular flexibility index (Phi) is 3.82. The van der Waals surface area contributed by atoms with E-state index in [0.29, 0.717) is 12.8 Å². The summed E-state index contributed by atoms with van der Waals surface area (Å²) in [6.45, 7) is -1.22. The van der Waals surface area contributed by atoms with E-state index in [9.17, 15) is 31.2 Å². The van der Waals surface area contributed by atoms with E-state index in [1.807, 2.05) is 0 Å². The van der Waals surface area contributed by atoms with E-state index in [2.05, 4.69) is 0 Å². The SMILES string of the molecule is O=C(OCCNS(=O)(=O)C(F)(F)F)C1C2CC3OC(=O)C1C3C2. The predicted octanol–water partition coefficient (Wildman–Crippen LogP) is 0.166. The molecule has 0 aromatic carbocycles. The van der Waals surface area contributed by atoms with E-state index in [4.69, 9.17) is 9.47 Å². The van der Waals surface area contributed by atoms with E-state index in [1.165, 1.54) is 4.72 Å². The van der Waals surface area contributed by atoms with Crippen molar-refractivity contribution in [2.75, 3.05) is 13.2 Å². The molecule has 1 aliphatic heterocycles. The monoisotopic (exact) mass is 357 g/mol. The molecule has 1 saturated heterocycles. The highest BCUT2D eigenvalue weighted by molar-refractivity contribution is 7.90. The number of esters is 2. The molecule has 3 fully saturated rings. The van der Waals surface area contributed by atoms with Gasteiger partial charge in [0.1, 0.15) is 12.7 Å². The first-order valence-electron chi connectivity index (χ1n) is 7.05. The molecule has 0 spiro atoms. The molecule has 7 nitrogen and oxygen atoms in total. The van der Waals surface area contributed by atoms with E-state index in [1.54, 1.807) is 0 Å². The highest BCUT2D eigenvalue weighted by atomic mass is 32.2. The molecule has 3 aliphatic rings. The molecule has 0 aromatic rings. The average Bonchev–Trinajstić information content (AvgIpc) is 3.03. The van der Waals surface area contributed by atoms with Crippen LogP contribution in [0.15, 0.2) is 0 Å². The van der Waals surface area contributed by atoms with E-state index >= 15 is 0 Å². The Morgan fingerprint density at radius 3 is 2.70 bits per heavy atom. The van der Waals surface area contributed by atoms with Crippen LogP contribution >= 0.6 is 0 Å². The first-order chi connectivity index (χ1) is 10.6. The summed E-state index contributed by atoms with van der Waals surface area (Å²) in [5, 5.41) is 0. The lowest BCUT2D eigenvalue weighted by atomic mass is 9.80. The first-order valence-corrected chi connectivity index (χ1v) is 8.53. The zero-order valence-corrected chi connectivity index (χ0v) is 12.5. The van der Waals surface area contributed by atoms with Crippen molar-refractivity contribution in [1.29, 1.82) is 0 Å². The maximum Gasteiger partial charge on any atom is 0.511 e. The Balaban J connectivity index is 1.51. The van der Waals surface area contributed by atoms with Gasteiger partial charge in [0, 0.05) is 12.5 Å². The van der Waals surface area contributed by atoms with Gasteiger partial charge in [0.2, 0.25) is 0 Å². The Labute approximate surface area is 129 Å². The standard InChI is InChI=1S/C12H14F3NO6S/c13-12(14,15)23(19,20)16-1-2-21-10(17)8-5-3-6-7(4-5)22-11(18)9(6)8/h5-9,16H,1-4H2. The van der Waals surface area contributed by atoms with Gasteiger partial charge in [-0.1, -0.05) is 0 Å². The normalized spacial score (nSPS) is 35.4. The summed E-state index contributed by atoms with van der Waals surface area (Å²) >= 11 is 0. The van der Waals surface area contributed by atoms with Gasteiger partial charge in [0.25, 0.3) is 0 Å². The van der Waals surface area contributed by atoms with E-state index in [-0.39, 0.29) is 17.9 Å². The summed E-state index contributed by atoms with van der Waals surface area (Å²) in [4.78, 5) is 23.8. The van der Waals surface area contributed by atoms with Gasteiger partial charge in [-0.25, -0.2) is 13.1 Å². The Morgan fingerprint density at radius 1 is 1.35 bits per heavy atom. The number of halogens is 3. The number of carbonyl (C=O) groups is 2. The number of sulfonamides is 1. The van der Waals surface area contributed by atoms with Crippen LogP contribution in [0.4, 0.5) is 13.2 Å². The third-order valence-corrected chi connectivity index (χ3v) is 5.89. The van der Waals surface area contributed by atoms with Crippen molar-refractivity contribution in [3.63, 3.8) is 0 Å². The zero-order valence-electron chi connectivity index (χ0n) is 11.7. The predicted molar refractivity (Wildman–Crippen MR) is 67.0 cm³/mol. The molecule has 1 heterocycles. The topological polar surface area (TPSA) is 98.8 Å². The van der Waals surface area contributed by atoms with Crippen molar-refractivity contribution >= 4 is 22.0 Å². The number of alkyl halides is 3. The molecule has 0 amide bonds. The maximum atomic E-state index is 12.1. The van der Waals surface area contributed by atoms with Crippen LogP contribution in [0.5, 0.6) is 0 Å². The van der Waals surface area contributed by atoms with Gasteiger partial charge < -0.3 is 9.47 Å². The number of nitrogens with one attached hydrogen (secondary N) is 1. The molecule has 0 aromatic heterocycles. The van der Waals surface area contributed by atoms with Gasteiger partial charge in [0.05, 0.1) is 11.8 Å². The number of rotatable bonds is 5. The zero-order chi connectivity index (χ0) is 17.0. The molecule has 1 N–H and O–H groups in total. The minimum absolute atomic E-state index is 0.00813. The van der Waals surface area contributed by atoms with Crippen LogP contribution < -0.4 is 4.72 Å². The van der Waals surface area contributed by atoms with Crippen molar-refractivity contribution in [3.05, 3.63) is 0 Å². The fourth-order valence-electron chi connectivity index (χ4n) is 3.83. The van der Waals surface area contributed by atoms with Crippen LogP contribution in [-0.4, -0.2) is 45.1 Å². The summed E-state index contributed by atoms with van der Waals surface area (Å²) in [5.74, 6) is -2.33. The number of ether oxygens (including phenoxy) is 2. The van der Waals surface area contributed by atoms with Gasteiger partial charge in [-0.3, -0.25) is 9.59 Å². The molecule has 3 rings (SSSR count). The number of hydrogen-bond acceptors (Lipinski definition) is 6. The molecule has 2 bridgehead atoms. The fourth-order valence-corrected chi connectivity index (χ4v) is 4.35. The van der Waals surface area contributed by atoms with Crippen molar-refractivity contribution in [1.82, 2.24) is 4.72 Å². The highest BCUT2D eigenvalue weighted by Gasteiger charge is 2.64. The summed E-state index contributed by atoms with van der Waals surface area (Å²) in [7, 11) is -5.46. The second-order valence-corrected chi connectivity index (χ2v) is 7.69. The fraction of sp³-hybridized carbons (Fsp3) is 0.833. The lowest BCUT2D eigenvalue weighted by molar-refractivity contribution is -0.155. The molecule has 23 heavy (non-hydrogen) atoms. The summed E-state index contributed by atoms with van der Waals surface area (Å²) in [5.41, 5.74) is -5.41. The van der Waals surface area contributed by atoms with Gasteiger partial charge in [0.15, 0.2) is 0 Å². The number of carbonyl (C=O) groups excluding carboxylic acids is 2. The largest absolute Gasteiger partial charge is 0.511 e. The molecule has 0 radical (unpaired) electrons. The number of fused-ring (bicyclic) bond motifs is 1. The molecule has 5 unspecified atom stereocenters. The molecule has 2 saturated carbocycles. The van der Waals surface area contributed by atoms with Crippen LogP contribution in [-0.2, 0) is 29.1 Å². The van der Waals surface area contributed by atoms with E-state index in [0.717, 1.165) is 0 Å². The summed E-state index contributed by atoms with van der Waals surface area (Å²) in [6, 6.07) is 0. The Morgan fingerprint density at radius 2 is 2.04 bits per heavy atom. The lowest BCUT2D eigenvalue weighted by Crippen LogP contribution is -2.39. The minimum Gasteiger partial charge on any atom is -0.464 e. The van der Waals surface area contributed by atoms with Crippen LogP contribution in [0.25, 0.3) is 0 Å². The van der Waals surface area contributed by atoms with Crippen molar-refractivity contribution in [2.45, 2.75) is 24.5 Å². The average molecular weight is 357 g/mol. The van der Waals surface area contributed by atoms with Gasteiger partial charge >= 0.3 is 27.5 Å². The third kappa shape index (κ3) is 2.69. The van der Waals surface area contributed by atoms with E-state index < -0.39 is 52.5 Å². The Hall–Kier alpha value is -1.36. The Bertz CT molecular complexity index is 631. The van der Waals surface area contributed by atoms with Crippen molar-refractivity contribution in [3.8, 4) is 0 Å². The second-order valence-electron chi connectivity index (χ2n) is 5.93. The molecule has 5 atom stereocenters. The molecular weight excluding hydrogens is 343 g/mol. The van der Waals surface area contributed by atoms with Crippen LogP contribution in [0.3, 0.4) is 0 Å². The molecular formula is C12H14F3NO6S. The minimum atomic E-state index is -5.46. The van der Waals surface area contributed by atoms with Crippen LogP contribution in [0.2, 0.25) is 0 Å². The summed E-state index contributed by atoms with van der Waals surface area (Å²) in [6.07, 6.45) is 1.15. The number of hydrogen-bond donors (Lipinski definition) is 1. The summed E-state index contributed by atoms with van der Waals surface area (Å²) < 4.78 is 69.1. The lowest BCUT2D eigenvalue weighted by Gasteiger charge is -2.22. The quantitative estimate of drug-likeness (QED) is 0.556.